The number of carbonyl (C=O) groups is 1. The molecule has 134 valence electrons. The Balaban J connectivity index is 0.00000264. The minimum Gasteiger partial charge on any atom is -0.441 e. The van der Waals surface area contributed by atoms with Crippen molar-refractivity contribution in [3.63, 3.8) is 0 Å². The van der Waals surface area contributed by atoms with Crippen LogP contribution in [0.2, 0.25) is 5.02 Å². The van der Waals surface area contributed by atoms with Crippen LogP contribution in [0.15, 0.2) is 34.9 Å². The highest BCUT2D eigenvalue weighted by molar-refractivity contribution is 6.33. The lowest BCUT2D eigenvalue weighted by atomic mass is 10.2. The molecule has 1 unspecified atom stereocenters. The molecule has 1 atom stereocenters. The minimum atomic E-state index is -0.0295. The van der Waals surface area contributed by atoms with Crippen molar-refractivity contribution in [1.29, 1.82) is 0 Å². The molecule has 8 heteroatoms. The molecule has 0 bridgehead atoms. The van der Waals surface area contributed by atoms with Crippen molar-refractivity contribution in [2.75, 3.05) is 6.54 Å². The van der Waals surface area contributed by atoms with E-state index in [1.165, 1.54) is 0 Å². The smallest absolute Gasteiger partial charge is 0.220 e. The number of benzene rings is 1. The van der Waals surface area contributed by atoms with Gasteiger partial charge in [0.2, 0.25) is 5.91 Å². The van der Waals surface area contributed by atoms with Crippen LogP contribution in [-0.4, -0.2) is 23.5 Å². The van der Waals surface area contributed by atoms with E-state index < -0.39 is 0 Å². The van der Waals surface area contributed by atoms with Crippen LogP contribution >= 0.6 is 36.4 Å². The Morgan fingerprint density at radius 2 is 2.08 bits per heavy atom. The van der Waals surface area contributed by atoms with Crippen LogP contribution in [0, 0.1) is 0 Å². The van der Waals surface area contributed by atoms with Gasteiger partial charge in [-0.05, 0) is 25.5 Å². The van der Waals surface area contributed by atoms with Gasteiger partial charge in [0.05, 0.1) is 11.2 Å². The molecule has 3 N–H and O–H groups in total. The van der Waals surface area contributed by atoms with Crippen LogP contribution in [0.4, 0.5) is 0 Å². The fraction of sp³-hybridized carbons (Fsp3) is 0.375. The molecule has 24 heavy (non-hydrogen) atoms. The number of carbonyl (C=O) groups excluding carboxylic acids is 1. The predicted molar refractivity (Wildman–Crippen MR) is 101 cm³/mol. The Labute approximate surface area is 159 Å². The van der Waals surface area contributed by atoms with Gasteiger partial charge in [0.1, 0.15) is 0 Å². The summed E-state index contributed by atoms with van der Waals surface area (Å²) in [5.41, 5.74) is 6.42. The van der Waals surface area contributed by atoms with Crippen LogP contribution in [0.1, 0.15) is 25.7 Å². The number of aromatic nitrogens is 1. The van der Waals surface area contributed by atoms with Gasteiger partial charge in [-0.25, -0.2) is 4.98 Å². The third-order valence-corrected chi connectivity index (χ3v) is 3.51. The second-order valence-corrected chi connectivity index (χ2v) is 5.62. The summed E-state index contributed by atoms with van der Waals surface area (Å²) < 4.78 is 5.65. The van der Waals surface area contributed by atoms with Crippen molar-refractivity contribution in [2.45, 2.75) is 32.2 Å². The highest BCUT2D eigenvalue weighted by Gasteiger charge is 2.11. The molecule has 2 aromatic rings. The Morgan fingerprint density at radius 1 is 1.38 bits per heavy atom. The SMILES string of the molecule is CC(N)CCNC(=O)CCc1ncc(-c2ccccc2Cl)o1.Cl.Cl. The zero-order chi connectivity index (χ0) is 15.9. The van der Waals surface area contributed by atoms with Crippen LogP contribution in [-0.2, 0) is 11.2 Å². The van der Waals surface area contributed by atoms with Gasteiger partial charge in [0.25, 0.3) is 0 Å². The lowest BCUT2D eigenvalue weighted by molar-refractivity contribution is -0.121. The van der Waals surface area contributed by atoms with Gasteiger partial charge < -0.3 is 15.5 Å². The van der Waals surface area contributed by atoms with E-state index in [0.29, 0.717) is 36.1 Å². The molecule has 0 saturated carbocycles. The third kappa shape index (κ3) is 7.09. The number of hydrogen-bond donors (Lipinski definition) is 2. The average Bonchev–Trinajstić information content (AvgIpc) is 2.94. The molecule has 1 aromatic heterocycles. The number of nitrogens with one attached hydrogen (secondary N) is 1. The van der Waals surface area contributed by atoms with Crippen molar-refractivity contribution in [2.24, 2.45) is 5.73 Å². The van der Waals surface area contributed by atoms with Crippen molar-refractivity contribution < 1.29 is 9.21 Å². The fourth-order valence-electron chi connectivity index (χ4n) is 1.96. The monoisotopic (exact) mass is 393 g/mol. The molecule has 1 heterocycles. The molecular weight excluding hydrogens is 373 g/mol. The highest BCUT2D eigenvalue weighted by atomic mass is 35.5. The van der Waals surface area contributed by atoms with E-state index in [2.05, 4.69) is 10.3 Å². The Hall–Kier alpha value is -1.27. The average molecular weight is 395 g/mol. The molecule has 0 spiro atoms. The highest BCUT2D eigenvalue weighted by Crippen LogP contribution is 2.28. The number of aryl methyl sites for hydroxylation is 1. The van der Waals surface area contributed by atoms with E-state index in [1.54, 1.807) is 12.3 Å². The molecule has 0 aliphatic carbocycles. The fourth-order valence-corrected chi connectivity index (χ4v) is 2.19. The van der Waals surface area contributed by atoms with Crippen molar-refractivity contribution in [3.05, 3.63) is 41.4 Å². The van der Waals surface area contributed by atoms with E-state index in [0.717, 1.165) is 12.0 Å². The Bertz CT molecular complexity index is 633. The zero-order valence-corrected chi connectivity index (χ0v) is 15.7. The first-order chi connectivity index (χ1) is 10.6. The first-order valence-corrected chi connectivity index (χ1v) is 7.66. The summed E-state index contributed by atoms with van der Waals surface area (Å²) in [6.45, 7) is 2.50. The number of nitrogens with two attached hydrogens (primary N) is 1. The van der Waals surface area contributed by atoms with Crippen LogP contribution < -0.4 is 11.1 Å². The second kappa shape index (κ2) is 11.3. The lowest BCUT2D eigenvalue weighted by Crippen LogP contribution is -2.29. The van der Waals surface area contributed by atoms with E-state index in [9.17, 15) is 4.79 Å². The summed E-state index contributed by atoms with van der Waals surface area (Å²) in [5.74, 6) is 1.10. The summed E-state index contributed by atoms with van der Waals surface area (Å²) in [6, 6.07) is 7.49. The van der Waals surface area contributed by atoms with Crippen molar-refractivity contribution in [3.8, 4) is 11.3 Å². The second-order valence-electron chi connectivity index (χ2n) is 5.21. The number of hydrogen-bond acceptors (Lipinski definition) is 4. The van der Waals surface area contributed by atoms with Gasteiger partial charge in [-0.1, -0.05) is 23.7 Å². The maximum absolute atomic E-state index is 11.7. The van der Waals surface area contributed by atoms with Crippen LogP contribution in [0.3, 0.4) is 0 Å². The lowest BCUT2D eigenvalue weighted by Gasteiger charge is -2.06. The molecule has 1 amide bonds. The summed E-state index contributed by atoms with van der Waals surface area (Å²) in [5, 5.41) is 3.43. The van der Waals surface area contributed by atoms with E-state index in [4.69, 9.17) is 21.8 Å². The first kappa shape index (κ1) is 22.7. The van der Waals surface area contributed by atoms with Gasteiger partial charge in [0.15, 0.2) is 11.7 Å². The molecule has 0 aliphatic rings. The molecule has 2 rings (SSSR count). The van der Waals surface area contributed by atoms with Gasteiger partial charge in [-0.2, -0.15) is 0 Å². The number of rotatable bonds is 7. The minimum absolute atomic E-state index is 0. The van der Waals surface area contributed by atoms with Crippen molar-refractivity contribution in [1.82, 2.24) is 10.3 Å². The maximum atomic E-state index is 11.7. The Morgan fingerprint density at radius 3 is 2.75 bits per heavy atom. The van der Waals surface area contributed by atoms with E-state index >= 15 is 0 Å². The van der Waals surface area contributed by atoms with E-state index in [-0.39, 0.29) is 36.8 Å². The number of nitrogens with zero attached hydrogens (tertiary/aromatic N) is 1. The van der Waals surface area contributed by atoms with Gasteiger partial charge in [-0.3, -0.25) is 4.79 Å². The topological polar surface area (TPSA) is 81.1 Å². The van der Waals surface area contributed by atoms with Gasteiger partial charge >= 0.3 is 0 Å². The first-order valence-electron chi connectivity index (χ1n) is 7.28. The van der Waals surface area contributed by atoms with Crippen LogP contribution in [0.25, 0.3) is 11.3 Å². The summed E-state index contributed by atoms with van der Waals surface area (Å²) in [6.07, 6.45) is 3.18. The maximum Gasteiger partial charge on any atom is 0.220 e. The predicted octanol–water partition coefficient (Wildman–Crippen LogP) is 3.62. The quantitative estimate of drug-likeness (QED) is 0.751. The largest absolute Gasteiger partial charge is 0.441 e. The molecule has 0 saturated heterocycles. The normalized spacial score (nSPS) is 11.1. The summed E-state index contributed by atoms with van der Waals surface area (Å²) in [7, 11) is 0. The Kier molecular flexibility index (Phi) is 10.7. The number of oxazole rings is 1. The molecule has 0 fully saturated rings. The summed E-state index contributed by atoms with van der Waals surface area (Å²) >= 11 is 6.12. The molecular formula is C16H22Cl3N3O2. The van der Waals surface area contributed by atoms with Gasteiger partial charge in [-0.15, -0.1) is 24.8 Å². The van der Waals surface area contributed by atoms with Crippen LogP contribution in [0.5, 0.6) is 0 Å². The van der Waals surface area contributed by atoms with E-state index in [1.807, 2.05) is 25.1 Å². The number of halogens is 3. The van der Waals surface area contributed by atoms with Gasteiger partial charge in [0, 0.05) is 31.0 Å². The molecule has 0 aliphatic heterocycles. The van der Waals surface area contributed by atoms with Crippen molar-refractivity contribution >= 4 is 42.3 Å². The zero-order valence-electron chi connectivity index (χ0n) is 13.3. The standard InChI is InChI=1S/C16H20ClN3O2.2ClH/c1-11(18)8-9-19-15(21)6-7-16-20-10-14(22-16)12-4-2-3-5-13(12)17;;/h2-5,10-11H,6-9,18H2,1H3,(H,19,21);2*1H. The number of amides is 1. The molecule has 0 radical (unpaired) electrons. The molecule has 5 nitrogen and oxygen atoms in total. The molecule has 1 aromatic carbocycles. The summed E-state index contributed by atoms with van der Waals surface area (Å²) in [4.78, 5) is 15.9. The third-order valence-electron chi connectivity index (χ3n) is 3.18.